The summed E-state index contributed by atoms with van der Waals surface area (Å²) in [5.41, 5.74) is 6.32. The second kappa shape index (κ2) is 5.33. The summed E-state index contributed by atoms with van der Waals surface area (Å²) in [6.07, 6.45) is 0. The first kappa shape index (κ1) is 14.1. The molecule has 0 saturated heterocycles. The zero-order valence-corrected chi connectivity index (χ0v) is 12.6. The molecule has 0 spiro atoms. The molecule has 0 aliphatic rings. The number of nitrogens with one attached hydrogen (secondary N) is 1. The average molecular weight is 392 g/mol. The van der Waals surface area contributed by atoms with Crippen molar-refractivity contribution in [2.75, 3.05) is 10.5 Å². The number of anilines is 2. The van der Waals surface area contributed by atoms with Crippen molar-refractivity contribution in [3.05, 3.63) is 51.9 Å². The fraction of sp³-hybridized carbons (Fsp3) is 0. The predicted octanol–water partition coefficient (Wildman–Crippen LogP) is 2.81. The molecule has 2 aromatic carbocycles. The first-order valence-corrected chi connectivity index (χ1v) is 7.78. The van der Waals surface area contributed by atoms with Crippen LogP contribution in [0.5, 0.6) is 0 Å². The number of nitrogens with two attached hydrogens (primary N) is 1. The lowest BCUT2D eigenvalue weighted by Crippen LogP contribution is -2.13. The molecule has 0 aliphatic carbocycles. The summed E-state index contributed by atoms with van der Waals surface area (Å²) in [5, 5.41) is 0. The van der Waals surface area contributed by atoms with Crippen molar-refractivity contribution in [3.8, 4) is 0 Å². The van der Waals surface area contributed by atoms with Gasteiger partial charge in [0.05, 0.1) is 10.6 Å². The highest BCUT2D eigenvalue weighted by molar-refractivity contribution is 14.1. The van der Waals surface area contributed by atoms with Crippen molar-refractivity contribution >= 4 is 44.0 Å². The first-order valence-electron chi connectivity index (χ1n) is 5.22. The number of hydrogen-bond donors (Lipinski definition) is 2. The molecule has 0 aromatic heterocycles. The fourth-order valence-corrected chi connectivity index (χ4v) is 3.30. The molecule has 0 amide bonds. The molecule has 4 nitrogen and oxygen atoms in total. The zero-order valence-electron chi connectivity index (χ0n) is 9.60. The van der Waals surface area contributed by atoms with Crippen molar-refractivity contribution in [3.63, 3.8) is 0 Å². The smallest absolute Gasteiger partial charge is 0.261 e. The van der Waals surface area contributed by atoms with Crippen LogP contribution < -0.4 is 10.5 Å². The van der Waals surface area contributed by atoms with E-state index in [2.05, 4.69) is 4.72 Å². The lowest BCUT2D eigenvalue weighted by Gasteiger charge is -2.10. The van der Waals surface area contributed by atoms with Crippen LogP contribution in [-0.2, 0) is 10.0 Å². The Balaban J connectivity index is 2.33. The summed E-state index contributed by atoms with van der Waals surface area (Å²) in [5.74, 6) is -0.417. The second-order valence-corrected chi connectivity index (χ2v) is 6.64. The third kappa shape index (κ3) is 3.35. The van der Waals surface area contributed by atoms with Crippen molar-refractivity contribution in [2.45, 2.75) is 4.90 Å². The Labute approximate surface area is 124 Å². The van der Waals surface area contributed by atoms with E-state index in [-0.39, 0.29) is 4.90 Å². The van der Waals surface area contributed by atoms with Gasteiger partial charge in [-0.3, -0.25) is 4.72 Å². The van der Waals surface area contributed by atoms with Crippen molar-refractivity contribution < 1.29 is 12.8 Å². The van der Waals surface area contributed by atoms with Crippen LogP contribution in [0.1, 0.15) is 0 Å². The van der Waals surface area contributed by atoms with Crippen LogP contribution in [0.3, 0.4) is 0 Å². The Hall–Kier alpha value is -1.35. The predicted molar refractivity (Wildman–Crippen MR) is 80.8 cm³/mol. The number of halogens is 2. The molecule has 100 valence electrons. The summed E-state index contributed by atoms with van der Waals surface area (Å²) in [6, 6.07) is 9.66. The van der Waals surface area contributed by atoms with Gasteiger partial charge in [0.2, 0.25) is 0 Å². The maximum atomic E-state index is 13.0. The van der Waals surface area contributed by atoms with Gasteiger partial charge in [-0.05, 0) is 65.1 Å². The lowest BCUT2D eigenvalue weighted by molar-refractivity contribution is 0.601. The third-order valence-corrected chi connectivity index (χ3v) is 4.64. The standard InChI is InChI=1S/C12H10FIN2O2S/c13-8-1-6-12(11(14)7-8)16-19(17,18)10-4-2-9(15)3-5-10/h1-7,16H,15H2. The van der Waals surface area contributed by atoms with E-state index in [4.69, 9.17) is 5.73 Å². The Kier molecular flexibility index (Phi) is 3.95. The largest absolute Gasteiger partial charge is 0.399 e. The van der Waals surface area contributed by atoms with Gasteiger partial charge >= 0.3 is 0 Å². The van der Waals surface area contributed by atoms with Crippen LogP contribution in [0, 0.1) is 9.39 Å². The minimum Gasteiger partial charge on any atom is -0.399 e. The van der Waals surface area contributed by atoms with E-state index in [0.717, 1.165) is 0 Å². The van der Waals surface area contributed by atoms with E-state index in [1.54, 1.807) is 0 Å². The van der Waals surface area contributed by atoms with Gasteiger partial charge in [-0.25, -0.2) is 12.8 Å². The molecule has 0 radical (unpaired) electrons. The number of rotatable bonds is 3. The Morgan fingerprint density at radius 2 is 1.74 bits per heavy atom. The lowest BCUT2D eigenvalue weighted by atomic mass is 10.3. The Bertz CT molecular complexity index is 702. The minimum absolute atomic E-state index is 0.0989. The summed E-state index contributed by atoms with van der Waals surface area (Å²) in [6.45, 7) is 0. The summed E-state index contributed by atoms with van der Waals surface area (Å²) in [4.78, 5) is 0.0989. The highest BCUT2D eigenvalue weighted by Gasteiger charge is 2.15. The zero-order chi connectivity index (χ0) is 14.0. The van der Waals surface area contributed by atoms with Gasteiger partial charge in [-0.15, -0.1) is 0 Å². The van der Waals surface area contributed by atoms with E-state index in [9.17, 15) is 12.8 Å². The van der Waals surface area contributed by atoms with Crippen LogP contribution in [0.25, 0.3) is 0 Å². The van der Waals surface area contributed by atoms with Gasteiger partial charge in [0.25, 0.3) is 10.0 Å². The SMILES string of the molecule is Nc1ccc(S(=O)(=O)Nc2ccc(F)cc2I)cc1. The van der Waals surface area contributed by atoms with Gasteiger partial charge in [0.1, 0.15) is 5.82 Å². The average Bonchev–Trinajstić information content (AvgIpc) is 2.33. The van der Waals surface area contributed by atoms with Gasteiger partial charge < -0.3 is 5.73 Å². The van der Waals surface area contributed by atoms with Crippen LogP contribution in [0.4, 0.5) is 15.8 Å². The molecule has 0 heterocycles. The Morgan fingerprint density at radius 1 is 1.11 bits per heavy atom. The quantitative estimate of drug-likeness (QED) is 0.624. The molecule has 0 bridgehead atoms. The maximum Gasteiger partial charge on any atom is 0.261 e. The van der Waals surface area contributed by atoms with E-state index in [0.29, 0.717) is 14.9 Å². The molecule has 2 rings (SSSR count). The van der Waals surface area contributed by atoms with E-state index < -0.39 is 15.8 Å². The molecule has 19 heavy (non-hydrogen) atoms. The summed E-state index contributed by atoms with van der Waals surface area (Å²) >= 11 is 1.86. The number of nitrogen functional groups attached to an aromatic ring is 1. The number of sulfonamides is 1. The summed E-state index contributed by atoms with van der Waals surface area (Å²) in [7, 11) is -3.70. The maximum absolute atomic E-state index is 13.0. The topological polar surface area (TPSA) is 72.2 Å². The van der Waals surface area contributed by atoms with Crippen molar-refractivity contribution in [1.29, 1.82) is 0 Å². The van der Waals surface area contributed by atoms with Crippen molar-refractivity contribution in [1.82, 2.24) is 0 Å². The fourth-order valence-electron chi connectivity index (χ4n) is 1.42. The molecule has 0 atom stereocenters. The normalized spacial score (nSPS) is 11.3. The molecule has 0 unspecified atom stereocenters. The highest BCUT2D eigenvalue weighted by atomic mass is 127. The molecular weight excluding hydrogens is 382 g/mol. The first-order chi connectivity index (χ1) is 8.88. The molecular formula is C12H10FIN2O2S. The van der Waals surface area contributed by atoms with Crippen LogP contribution in [0.15, 0.2) is 47.4 Å². The van der Waals surface area contributed by atoms with E-state index >= 15 is 0 Å². The number of benzene rings is 2. The van der Waals surface area contributed by atoms with Crippen LogP contribution in [-0.4, -0.2) is 8.42 Å². The van der Waals surface area contributed by atoms with E-state index in [1.807, 2.05) is 22.6 Å². The van der Waals surface area contributed by atoms with Gasteiger partial charge in [0.15, 0.2) is 0 Å². The highest BCUT2D eigenvalue weighted by Crippen LogP contribution is 2.23. The second-order valence-electron chi connectivity index (χ2n) is 3.80. The van der Waals surface area contributed by atoms with Crippen LogP contribution >= 0.6 is 22.6 Å². The minimum atomic E-state index is -3.70. The molecule has 2 aromatic rings. The summed E-state index contributed by atoms with van der Waals surface area (Å²) < 4.78 is 40.0. The van der Waals surface area contributed by atoms with Gasteiger partial charge in [-0.1, -0.05) is 0 Å². The molecule has 0 fully saturated rings. The van der Waals surface area contributed by atoms with E-state index in [1.165, 1.54) is 42.5 Å². The van der Waals surface area contributed by atoms with Crippen LogP contribution in [0.2, 0.25) is 0 Å². The van der Waals surface area contributed by atoms with Gasteiger partial charge in [0, 0.05) is 9.26 Å². The molecule has 0 saturated carbocycles. The molecule has 7 heteroatoms. The van der Waals surface area contributed by atoms with Gasteiger partial charge in [-0.2, -0.15) is 0 Å². The Morgan fingerprint density at radius 3 is 2.32 bits per heavy atom. The molecule has 3 N–H and O–H groups in total. The van der Waals surface area contributed by atoms with Crippen molar-refractivity contribution in [2.24, 2.45) is 0 Å². The molecule has 0 aliphatic heterocycles. The monoisotopic (exact) mass is 392 g/mol. The third-order valence-electron chi connectivity index (χ3n) is 2.37. The number of hydrogen-bond acceptors (Lipinski definition) is 3.